The summed E-state index contributed by atoms with van der Waals surface area (Å²) in [7, 11) is 0. The van der Waals surface area contributed by atoms with Gasteiger partial charge in [0, 0.05) is 23.1 Å². The Morgan fingerprint density at radius 1 is 1.06 bits per heavy atom. The van der Waals surface area contributed by atoms with Crippen LogP contribution in [-0.4, -0.2) is 28.0 Å². The van der Waals surface area contributed by atoms with Crippen molar-refractivity contribution in [1.29, 1.82) is 0 Å². The van der Waals surface area contributed by atoms with Crippen molar-refractivity contribution in [3.8, 4) is 28.4 Å². The standard InChI is InChI=1S/C26H22FN3O3S/c1-2-17-3-8-20(9-4-17)28-25(31)15-34-26-29-22(14-30(26)21-10-6-19(27)7-11-21)18-5-12-23-24(13-18)33-16-32-23/h3-14H,2,15-16H2,1H3,(H,28,31). The van der Waals surface area contributed by atoms with Crippen molar-refractivity contribution in [1.82, 2.24) is 9.55 Å². The number of anilines is 1. The van der Waals surface area contributed by atoms with E-state index in [1.54, 1.807) is 12.1 Å². The molecule has 0 unspecified atom stereocenters. The molecule has 0 aliphatic carbocycles. The van der Waals surface area contributed by atoms with Gasteiger partial charge in [-0.1, -0.05) is 30.8 Å². The minimum absolute atomic E-state index is 0.132. The third kappa shape index (κ3) is 4.77. The summed E-state index contributed by atoms with van der Waals surface area (Å²) in [5.41, 5.74) is 4.28. The highest BCUT2D eigenvalue weighted by Gasteiger charge is 2.18. The summed E-state index contributed by atoms with van der Waals surface area (Å²) in [6.07, 6.45) is 2.82. The number of nitrogens with one attached hydrogen (secondary N) is 1. The fourth-order valence-corrected chi connectivity index (χ4v) is 4.39. The van der Waals surface area contributed by atoms with E-state index in [2.05, 4.69) is 12.2 Å². The first kappa shape index (κ1) is 22.0. The van der Waals surface area contributed by atoms with Crippen molar-refractivity contribution in [2.45, 2.75) is 18.5 Å². The minimum atomic E-state index is -0.317. The Hall–Kier alpha value is -3.78. The Labute approximate surface area is 200 Å². The number of amides is 1. The van der Waals surface area contributed by atoms with Crippen LogP contribution in [0.25, 0.3) is 16.9 Å². The van der Waals surface area contributed by atoms with Gasteiger partial charge in [-0.05, 0) is 66.6 Å². The summed E-state index contributed by atoms with van der Waals surface area (Å²) in [5.74, 6) is 1.08. The molecule has 1 N–H and O–H groups in total. The van der Waals surface area contributed by atoms with E-state index in [1.165, 1.54) is 29.5 Å². The maximum Gasteiger partial charge on any atom is 0.234 e. The lowest BCUT2D eigenvalue weighted by atomic mass is 10.1. The molecule has 1 aliphatic heterocycles. The molecular weight excluding hydrogens is 453 g/mol. The molecule has 0 radical (unpaired) electrons. The molecule has 2 heterocycles. The van der Waals surface area contributed by atoms with Crippen molar-refractivity contribution < 1.29 is 18.7 Å². The molecule has 1 aliphatic rings. The second kappa shape index (κ2) is 9.61. The average Bonchev–Trinajstić information content (AvgIpc) is 3.50. The van der Waals surface area contributed by atoms with Gasteiger partial charge in [0.05, 0.1) is 11.4 Å². The van der Waals surface area contributed by atoms with Gasteiger partial charge in [0.15, 0.2) is 16.7 Å². The monoisotopic (exact) mass is 475 g/mol. The van der Waals surface area contributed by atoms with E-state index in [4.69, 9.17) is 14.5 Å². The lowest BCUT2D eigenvalue weighted by Crippen LogP contribution is -2.14. The fourth-order valence-electron chi connectivity index (χ4n) is 3.60. The number of aryl methyl sites for hydroxylation is 1. The second-order valence-corrected chi connectivity index (χ2v) is 8.65. The number of aromatic nitrogens is 2. The third-order valence-electron chi connectivity index (χ3n) is 5.42. The second-order valence-electron chi connectivity index (χ2n) is 7.71. The van der Waals surface area contributed by atoms with Crippen LogP contribution < -0.4 is 14.8 Å². The van der Waals surface area contributed by atoms with E-state index in [0.29, 0.717) is 22.3 Å². The highest BCUT2D eigenvalue weighted by atomic mass is 32.2. The van der Waals surface area contributed by atoms with E-state index in [0.717, 1.165) is 23.4 Å². The summed E-state index contributed by atoms with van der Waals surface area (Å²) in [6, 6.07) is 19.6. The average molecular weight is 476 g/mol. The summed E-state index contributed by atoms with van der Waals surface area (Å²) in [4.78, 5) is 17.4. The van der Waals surface area contributed by atoms with Crippen LogP contribution in [0.4, 0.5) is 10.1 Å². The maximum atomic E-state index is 13.5. The topological polar surface area (TPSA) is 65.4 Å². The number of nitrogens with zero attached hydrogens (tertiary/aromatic N) is 2. The van der Waals surface area contributed by atoms with E-state index in [1.807, 2.05) is 53.2 Å². The van der Waals surface area contributed by atoms with Gasteiger partial charge >= 0.3 is 0 Å². The fraction of sp³-hybridized carbons (Fsp3) is 0.154. The molecule has 0 fully saturated rings. The van der Waals surface area contributed by atoms with Crippen molar-refractivity contribution in [2.75, 3.05) is 17.9 Å². The molecular formula is C26H22FN3O3S. The molecule has 6 nitrogen and oxygen atoms in total. The number of thioether (sulfide) groups is 1. The Bertz CT molecular complexity index is 1320. The van der Waals surface area contributed by atoms with Gasteiger partial charge in [0.2, 0.25) is 12.7 Å². The highest BCUT2D eigenvalue weighted by molar-refractivity contribution is 7.99. The van der Waals surface area contributed by atoms with E-state index in [9.17, 15) is 9.18 Å². The van der Waals surface area contributed by atoms with Gasteiger partial charge < -0.3 is 14.8 Å². The molecule has 1 aromatic heterocycles. The van der Waals surface area contributed by atoms with E-state index < -0.39 is 0 Å². The summed E-state index contributed by atoms with van der Waals surface area (Å²) < 4.78 is 26.2. The summed E-state index contributed by atoms with van der Waals surface area (Å²) >= 11 is 1.31. The molecule has 0 spiro atoms. The van der Waals surface area contributed by atoms with E-state index >= 15 is 0 Å². The third-order valence-corrected chi connectivity index (χ3v) is 6.38. The molecule has 8 heteroatoms. The van der Waals surface area contributed by atoms with Crippen molar-refractivity contribution in [2.24, 2.45) is 0 Å². The molecule has 4 aromatic rings. The van der Waals surface area contributed by atoms with Crippen molar-refractivity contribution in [3.63, 3.8) is 0 Å². The number of rotatable bonds is 7. The number of benzene rings is 3. The first-order valence-electron chi connectivity index (χ1n) is 10.9. The van der Waals surface area contributed by atoms with Gasteiger partial charge in [-0.25, -0.2) is 9.37 Å². The van der Waals surface area contributed by atoms with Crippen LogP contribution in [0.2, 0.25) is 0 Å². The van der Waals surface area contributed by atoms with Gasteiger partial charge in [-0.3, -0.25) is 9.36 Å². The zero-order valence-electron chi connectivity index (χ0n) is 18.5. The molecule has 3 aromatic carbocycles. The Morgan fingerprint density at radius 2 is 1.82 bits per heavy atom. The number of ether oxygens (including phenoxy) is 2. The molecule has 34 heavy (non-hydrogen) atoms. The van der Waals surface area contributed by atoms with Crippen LogP contribution in [0.15, 0.2) is 78.1 Å². The molecule has 0 bridgehead atoms. The van der Waals surface area contributed by atoms with Gasteiger partial charge in [0.1, 0.15) is 5.82 Å². The maximum absolute atomic E-state index is 13.5. The zero-order chi connectivity index (χ0) is 23.5. The van der Waals surface area contributed by atoms with Crippen LogP contribution in [-0.2, 0) is 11.2 Å². The van der Waals surface area contributed by atoms with Crippen molar-refractivity contribution in [3.05, 3.63) is 84.3 Å². The number of imidazole rings is 1. The number of hydrogen-bond donors (Lipinski definition) is 1. The number of halogens is 1. The van der Waals surface area contributed by atoms with Crippen molar-refractivity contribution >= 4 is 23.4 Å². The first-order valence-corrected chi connectivity index (χ1v) is 11.8. The van der Waals surface area contributed by atoms with Gasteiger partial charge in [-0.2, -0.15) is 0 Å². The highest BCUT2D eigenvalue weighted by Crippen LogP contribution is 2.36. The minimum Gasteiger partial charge on any atom is -0.454 e. The summed E-state index contributed by atoms with van der Waals surface area (Å²) in [5, 5.41) is 3.54. The quantitative estimate of drug-likeness (QED) is 0.347. The number of hydrogen-bond acceptors (Lipinski definition) is 5. The molecule has 0 atom stereocenters. The SMILES string of the molecule is CCc1ccc(NC(=O)CSc2nc(-c3ccc4c(c3)OCO4)cn2-c2ccc(F)cc2)cc1. The van der Waals surface area contributed by atoms with Crippen LogP contribution >= 0.6 is 11.8 Å². The normalized spacial score (nSPS) is 12.1. The van der Waals surface area contributed by atoms with Gasteiger partial charge in [-0.15, -0.1) is 0 Å². The molecule has 1 amide bonds. The predicted molar refractivity (Wildman–Crippen MR) is 130 cm³/mol. The number of fused-ring (bicyclic) bond motifs is 1. The summed E-state index contributed by atoms with van der Waals surface area (Å²) in [6.45, 7) is 2.28. The smallest absolute Gasteiger partial charge is 0.234 e. The molecule has 0 saturated heterocycles. The Morgan fingerprint density at radius 3 is 2.59 bits per heavy atom. The van der Waals surface area contributed by atoms with Crippen LogP contribution in [0.5, 0.6) is 11.5 Å². The Kier molecular flexibility index (Phi) is 6.22. The van der Waals surface area contributed by atoms with Gasteiger partial charge in [0.25, 0.3) is 0 Å². The van der Waals surface area contributed by atoms with E-state index in [-0.39, 0.29) is 24.3 Å². The Balaban J connectivity index is 1.38. The van der Waals surface area contributed by atoms with Crippen LogP contribution in [0.1, 0.15) is 12.5 Å². The number of carbonyl (C=O) groups excluding carboxylic acids is 1. The van der Waals surface area contributed by atoms with Crippen LogP contribution in [0.3, 0.4) is 0 Å². The molecule has 172 valence electrons. The lowest BCUT2D eigenvalue weighted by molar-refractivity contribution is -0.113. The predicted octanol–water partition coefficient (Wildman–Crippen LogP) is 5.70. The lowest BCUT2D eigenvalue weighted by Gasteiger charge is -2.08. The largest absolute Gasteiger partial charge is 0.454 e. The number of carbonyl (C=O) groups is 1. The zero-order valence-corrected chi connectivity index (χ0v) is 19.3. The molecule has 5 rings (SSSR count). The first-order chi connectivity index (χ1) is 16.6. The molecule has 0 saturated carbocycles. The van der Waals surface area contributed by atoms with Crippen LogP contribution in [0, 0.1) is 5.82 Å².